The average molecular weight is 319 g/mol. The first-order valence-corrected chi connectivity index (χ1v) is 7.57. The van der Waals surface area contributed by atoms with Crippen LogP contribution in [0.3, 0.4) is 0 Å². The third-order valence-electron chi connectivity index (χ3n) is 2.48. The van der Waals surface area contributed by atoms with Crippen LogP contribution in [0, 0.1) is 0 Å². The zero-order valence-corrected chi connectivity index (χ0v) is 12.8. The van der Waals surface area contributed by atoms with Crippen molar-refractivity contribution >= 4 is 27.2 Å². The van der Waals surface area contributed by atoms with E-state index in [0.717, 1.165) is 0 Å². The van der Waals surface area contributed by atoms with Gasteiger partial charge in [-0.15, -0.1) is 0 Å². The number of ether oxygens (including phenoxy) is 2. The molecule has 1 rings (SSSR count). The van der Waals surface area contributed by atoms with Crippen LogP contribution in [0.4, 0.5) is 0 Å². The lowest BCUT2D eigenvalue weighted by Gasteiger charge is -2.16. The number of pyridine rings is 1. The third kappa shape index (κ3) is 4.46. The van der Waals surface area contributed by atoms with Crippen LogP contribution in [-0.2, 0) is 19.5 Å². The molecule has 1 aromatic rings. The Morgan fingerprint density at radius 2 is 2.25 bits per heavy atom. The van der Waals surface area contributed by atoms with Gasteiger partial charge in [0.1, 0.15) is 15.6 Å². The molecule has 0 aliphatic heterocycles. The molecule has 1 aromatic heterocycles. The number of nitrogens with two attached hydrogens (primary N) is 1. The number of thiocarbonyl (C=S) groups is 1. The van der Waals surface area contributed by atoms with Gasteiger partial charge in [-0.2, -0.15) is 0 Å². The molecule has 0 aliphatic rings. The highest BCUT2D eigenvalue weighted by molar-refractivity contribution is 7.89. The van der Waals surface area contributed by atoms with Crippen molar-refractivity contribution in [3.8, 4) is 0 Å². The first-order valence-electron chi connectivity index (χ1n) is 5.68. The first kappa shape index (κ1) is 16.9. The molecule has 112 valence electrons. The largest absolute Gasteiger partial charge is 0.388 e. The van der Waals surface area contributed by atoms with E-state index in [1.807, 2.05) is 0 Å². The van der Waals surface area contributed by atoms with Gasteiger partial charge in [0.2, 0.25) is 10.0 Å². The fourth-order valence-corrected chi connectivity index (χ4v) is 2.93. The number of sulfonamides is 1. The summed E-state index contributed by atoms with van der Waals surface area (Å²) >= 11 is 4.80. The number of rotatable bonds is 8. The normalized spacial score (nSPS) is 13.1. The molecule has 1 unspecified atom stereocenters. The van der Waals surface area contributed by atoms with Crippen molar-refractivity contribution in [3.05, 3.63) is 24.0 Å². The van der Waals surface area contributed by atoms with Gasteiger partial charge >= 0.3 is 0 Å². The van der Waals surface area contributed by atoms with Gasteiger partial charge < -0.3 is 15.2 Å². The van der Waals surface area contributed by atoms with E-state index >= 15 is 0 Å². The Morgan fingerprint density at radius 3 is 2.80 bits per heavy atom. The second kappa shape index (κ2) is 7.60. The van der Waals surface area contributed by atoms with Gasteiger partial charge in [-0.25, -0.2) is 13.1 Å². The van der Waals surface area contributed by atoms with E-state index in [-0.39, 0.29) is 34.8 Å². The molecule has 0 saturated heterocycles. The third-order valence-corrected chi connectivity index (χ3v) is 4.13. The summed E-state index contributed by atoms with van der Waals surface area (Å²) in [6, 6.07) is 2.89. The minimum Gasteiger partial charge on any atom is -0.388 e. The van der Waals surface area contributed by atoms with Gasteiger partial charge in [0, 0.05) is 27.0 Å². The molecular weight excluding hydrogens is 302 g/mol. The summed E-state index contributed by atoms with van der Waals surface area (Å²) in [6.07, 6.45) is 1.04. The van der Waals surface area contributed by atoms with Gasteiger partial charge in [-0.3, -0.25) is 4.98 Å². The second-order valence-electron chi connectivity index (χ2n) is 3.88. The molecule has 0 saturated carbocycles. The van der Waals surface area contributed by atoms with Gasteiger partial charge in [0.15, 0.2) is 0 Å². The van der Waals surface area contributed by atoms with Crippen LogP contribution < -0.4 is 10.5 Å². The quantitative estimate of drug-likeness (QED) is 0.631. The highest BCUT2D eigenvalue weighted by atomic mass is 32.2. The van der Waals surface area contributed by atoms with Crippen molar-refractivity contribution in [1.29, 1.82) is 0 Å². The summed E-state index contributed by atoms with van der Waals surface area (Å²) < 4.78 is 36.9. The molecule has 20 heavy (non-hydrogen) atoms. The zero-order valence-electron chi connectivity index (χ0n) is 11.2. The molecule has 1 atom stereocenters. The summed E-state index contributed by atoms with van der Waals surface area (Å²) in [6.45, 7) is 0.340. The van der Waals surface area contributed by atoms with Crippen molar-refractivity contribution < 1.29 is 17.9 Å². The van der Waals surface area contributed by atoms with Crippen molar-refractivity contribution in [2.45, 2.75) is 11.0 Å². The minimum atomic E-state index is -3.77. The summed E-state index contributed by atoms with van der Waals surface area (Å²) in [5.74, 6) is 0. The predicted octanol–water partition coefficient (Wildman–Crippen LogP) is -0.345. The number of hydrogen-bond donors (Lipinski definition) is 2. The number of methoxy groups -OCH3 is 2. The molecule has 1 heterocycles. The summed E-state index contributed by atoms with van der Waals surface area (Å²) in [7, 11) is -0.794. The van der Waals surface area contributed by atoms with Crippen LogP contribution in [0.15, 0.2) is 23.2 Å². The maximum atomic E-state index is 12.2. The Kier molecular flexibility index (Phi) is 6.43. The van der Waals surface area contributed by atoms with E-state index in [9.17, 15) is 8.42 Å². The van der Waals surface area contributed by atoms with E-state index in [1.165, 1.54) is 32.5 Å². The number of nitrogens with zero attached hydrogens (tertiary/aromatic N) is 1. The molecule has 3 N–H and O–H groups in total. The van der Waals surface area contributed by atoms with Gasteiger partial charge in [-0.1, -0.05) is 12.2 Å². The molecule has 0 fully saturated rings. The molecule has 0 radical (unpaired) electrons. The fraction of sp³-hybridized carbons (Fsp3) is 0.455. The topological polar surface area (TPSA) is 104 Å². The van der Waals surface area contributed by atoms with Gasteiger partial charge in [0.25, 0.3) is 0 Å². The van der Waals surface area contributed by atoms with Crippen LogP contribution in [0.25, 0.3) is 0 Å². The molecule has 7 nitrogen and oxygen atoms in total. The highest BCUT2D eigenvalue weighted by Crippen LogP contribution is 2.12. The van der Waals surface area contributed by atoms with E-state index in [1.54, 1.807) is 0 Å². The Balaban J connectivity index is 2.92. The Bertz CT molecular complexity index is 563. The smallest absolute Gasteiger partial charge is 0.242 e. The predicted molar refractivity (Wildman–Crippen MR) is 78.0 cm³/mol. The Labute approximate surface area is 123 Å². The van der Waals surface area contributed by atoms with E-state index in [2.05, 4.69) is 9.71 Å². The lowest BCUT2D eigenvalue weighted by Crippen LogP contribution is -2.36. The van der Waals surface area contributed by atoms with Crippen molar-refractivity contribution in [3.63, 3.8) is 0 Å². The highest BCUT2D eigenvalue weighted by Gasteiger charge is 2.21. The molecule has 0 aromatic carbocycles. The lowest BCUT2D eigenvalue weighted by molar-refractivity contribution is 0.0320. The minimum absolute atomic E-state index is 0.0558. The van der Waals surface area contributed by atoms with E-state index in [4.69, 9.17) is 27.4 Å². The molecular formula is C11H17N3O4S2. The summed E-state index contributed by atoms with van der Waals surface area (Å²) in [5.41, 5.74) is 5.54. The van der Waals surface area contributed by atoms with Gasteiger partial charge in [-0.05, 0) is 12.1 Å². The van der Waals surface area contributed by atoms with Crippen molar-refractivity contribution in [1.82, 2.24) is 9.71 Å². The van der Waals surface area contributed by atoms with Gasteiger partial charge in [0.05, 0.1) is 12.7 Å². The average Bonchev–Trinajstić information content (AvgIpc) is 2.43. The van der Waals surface area contributed by atoms with Crippen LogP contribution in [-0.4, -0.2) is 51.9 Å². The molecule has 0 aliphatic carbocycles. The maximum Gasteiger partial charge on any atom is 0.242 e. The number of aromatic nitrogens is 1. The molecule has 9 heteroatoms. The maximum absolute atomic E-state index is 12.2. The van der Waals surface area contributed by atoms with E-state index < -0.39 is 10.0 Å². The van der Waals surface area contributed by atoms with Crippen molar-refractivity contribution in [2.24, 2.45) is 5.73 Å². The molecule has 0 amide bonds. The first-order chi connectivity index (χ1) is 9.42. The Hall–Kier alpha value is -1.13. The van der Waals surface area contributed by atoms with E-state index in [0.29, 0.717) is 0 Å². The monoisotopic (exact) mass is 319 g/mol. The lowest BCUT2D eigenvalue weighted by atomic mass is 10.3. The number of nitrogens with one attached hydrogen (secondary N) is 1. The summed E-state index contributed by atoms with van der Waals surface area (Å²) in [4.78, 5) is 3.75. The molecule has 0 spiro atoms. The fourth-order valence-electron chi connectivity index (χ4n) is 1.47. The SMILES string of the molecule is COCC(CNS(=O)(=O)c1cccnc1C(N)=S)OC. The standard InChI is InChI=1S/C11H17N3O4S2/c1-17-7-8(18-2)6-14-20(15,16)9-4-3-5-13-10(9)11(12)19/h3-5,8,14H,6-7H2,1-2H3,(H2,12,19). The van der Waals surface area contributed by atoms with Crippen molar-refractivity contribution in [2.75, 3.05) is 27.4 Å². The summed E-state index contributed by atoms with van der Waals surface area (Å²) in [5, 5.41) is 0. The van der Waals surface area contributed by atoms with Crippen LogP contribution in [0.5, 0.6) is 0 Å². The Morgan fingerprint density at radius 1 is 1.55 bits per heavy atom. The number of hydrogen-bond acceptors (Lipinski definition) is 6. The van der Waals surface area contributed by atoms with Crippen LogP contribution in [0.2, 0.25) is 0 Å². The zero-order chi connectivity index (χ0) is 15.2. The van der Waals surface area contributed by atoms with Crippen LogP contribution in [0.1, 0.15) is 5.69 Å². The molecule has 0 bridgehead atoms. The van der Waals surface area contributed by atoms with Crippen LogP contribution >= 0.6 is 12.2 Å². The second-order valence-corrected chi connectivity index (χ2v) is 6.05.